The summed E-state index contributed by atoms with van der Waals surface area (Å²) in [5.74, 6) is 0.604. The van der Waals surface area contributed by atoms with E-state index in [-0.39, 0.29) is 11.9 Å². The molecule has 1 aliphatic heterocycles. The Bertz CT molecular complexity index is 416. The number of amides is 1. The fourth-order valence-electron chi connectivity index (χ4n) is 2.46. The van der Waals surface area contributed by atoms with Crippen LogP contribution in [0.25, 0.3) is 0 Å². The number of aliphatic hydroxyl groups is 1. The number of aliphatic hydroxyl groups excluding tert-OH is 1. The number of nitrogens with zero attached hydrogens (tertiary/aromatic N) is 1. The monoisotopic (exact) mass is 269 g/mol. The zero-order valence-electron chi connectivity index (χ0n) is 10.8. The summed E-state index contributed by atoms with van der Waals surface area (Å²) in [7, 11) is 1.57. The number of ether oxygens (including phenoxy) is 1. The molecule has 0 bridgehead atoms. The van der Waals surface area contributed by atoms with Crippen molar-refractivity contribution in [1.29, 1.82) is 0 Å². The Morgan fingerprint density at radius 3 is 3.06 bits per heavy atom. The first-order valence-electron chi connectivity index (χ1n) is 6.25. The molecular weight excluding hydrogens is 250 g/mol. The summed E-state index contributed by atoms with van der Waals surface area (Å²) in [4.78, 5) is 14.9. The predicted octanol–water partition coefficient (Wildman–Crippen LogP) is 2.13. The van der Waals surface area contributed by atoms with E-state index in [4.69, 9.17) is 4.74 Å². The van der Waals surface area contributed by atoms with Crippen LogP contribution in [0.1, 0.15) is 35.9 Å². The molecule has 1 N–H and O–H groups in total. The van der Waals surface area contributed by atoms with Gasteiger partial charge in [-0.1, -0.05) is 0 Å². The molecule has 2 rings (SSSR count). The Labute approximate surface area is 111 Å². The van der Waals surface area contributed by atoms with E-state index in [0.29, 0.717) is 10.6 Å². The summed E-state index contributed by atoms with van der Waals surface area (Å²) in [5.41, 5.74) is 0. The quantitative estimate of drug-likeness (QED) is 0.914. The lowest BCUT2D eigenvalue weighted by atomic mass is 9.98. The van der Waals surface area contributed by atoms with Gasteiger partial charge < -0.3 is 14.7 Å². The zero-order chi connectivity index (χ0) is 13.1. The van der Waals surface area contributed by atoms with Gasteiger partial charge in [0.1, 0.15) is 10.6 Å². The van der Waals surface area contributed by atoms with E-state index in [1.54, 1.807) is 25.0 Å². The first kappa shape index (κ1) is 13.4. The molecule has 1 aliphatic rings. The summed E-state index contributed by atoms with van der Waals surface area (Å²) < 4.78 is 5.19. The molecule has 0 saturated carbocycles. The lowest BCUT2D eigenvalue weighted by Crippen LogP contribution is -2.48. The van der Waals surface area contributed by atoms with Gasteiger partial charge in [0.15, 0.2) is 0 Å². The third kappa shape index (κ3) is 2.52. The highest BCUT2D eigenvalue weighted by Crippen LogP contribution is 2.29. The molecule has 0 aliphatic carbocycles. The van der Waals surface area contributed by atoms with Gasteiger partial charge in [-0.05, 0) is 37.6 Å². The molecule has 4 nitrogen and oxygen atoms in total. The molecule has 1 fully saturated rings. The summed E-state index contributed by atoms with van der Waals surface area (Å²) in [6.45, 7) is 2.47. The molecule has 1 amide bonds. The number of carbonyl (C=O) groups is 1. The molecule has 100 valence electrons. The highest BCUT2D eigenvalue weighted by atomic mass is 32.1. The molecule has 0 unspecified atom stereocenters. The van der Waals surface area contributed by atoms with E-state index < -0.39 is 6.10 Å². The fraction of sp³-hybridized carbons (Fsp3) is 0.615. The van der Waals surface area contributed by atoms with Crippen LogP contribution in [0, 0.1) is 0 Å². The fourth-order valence-corrected chi connectivity index (χ4v) is 3.27. The third-order valence-corrected chi connectivity index (χ3v) is 4.29. The van der Waals surface area contributed by atoms with Crippen molar-refractivity contribution in [3.05, 3.63) is 16.3 Å². The number of likely N-dealkylation sites (tertiary alicyclic amines) is 1. The van der Waals surface area contributed by atoms with Crippen molar-refractivity contribution in [1.82, 2.24) is 4.90 Å². The van der Waals surface area contributed by atoms with Gasteiger partial charge in [0.2, 0.25) is 0 Å². The summed E-state index contributed by atoms with van der Waals surface area (Å²) in [6, 6.07) is 1.73. The second-order valence-electron chi connectivity index (χ2n) is 4.62. The van der Waals surface area contributed by atoms with Gasteiger partial charge >= 0.3 is 0 Å². The Balaban J connectivity index is 2.21. The van der Waals surface area contributed by atoms with E-state index >= 15 is 0 Å². The number of methoxy groups -OCH3 is 1. The Morgan fingerprint density at radius 1 is 1.61 bits per heavy atom. The third-order valence-electron chi connectivity index (χ3n) is 3.41. The number of carbonyl (C=O) groups excluding carboxylic acids is 1. The maximum absolute atomic E-state index is 12.5. The molecule has 18 heavy (non-hydrogen) atoms. The molecule has 0 spiro atoms. The lowest BCUT2D eigenvalue weighted by Gasteiger charge is -2.37. The van der Waals surface area contributed by atoms with Gasteiger partial charge in [0.25, 0.3) is 5.91 Å². The van der Waals surface area contributed by atoms with E-state index in [1.807, 2.05) is 5.38 Å². The Morgan fingerprint density at radius 2 is 2.39 bits per heavy atom. The Hall–Kier alpha value is -1.07. The number of rotatable bonds is 3. The first-order valence-corrected chi connectivity index (χ1v) is 7.13. The molecular formula is C13H19NO3S. The SMILES string of the molecule is COc1ccsc1C(=O)N1CCCC[C@@H]1[C@@H](C)O. The van der Waals surface area contributed by atoms with E-state index in [0.717, 1.165) is 25.8 Å². The maximum Gasteiger partial charge on any atom is 0.268 e. The van der Waals surface area contributed by atoms with Gasteiger partial charge in [0, 0.05) is 6.54 Å². The molecule has 5 heteroatoms. The number of thiophene rings is 1. The molecule has 1 saturated heterocycles. The average molecular weight is 269 g/mol. The average Bonchev–Trinajstić information content (AvgIpc) is 2.86. The van der Waals surface area contributed by atoms with Gasteiger partial charge in [0.05, 0.1) is 19.3 Å². The minimum atomic E-state index is -0.486. The Kier molecular flexibility index (Phi) is 4.24. The van der Waals surface area contributed by atoms with Crippen LogP contribution in [0.5, 0.6) is 5.75 Å². The van der Waals surface area contributed by atoms with Crippen LogP contribution >= 0.6 is 11.3 Å². The topological polar surface area (TPSA) is 49.8 Å². The molecule has 2 atom stereocenters. The predicted molar refractivity (Wildman–Crippen MR) is 71.2 cm³/mol. The van der Waals surface area contributed by atoms with Crippen LogP contribution in [0.3, 0.4) is 0 Å². The van der Waals surface area contributed by atoms with Crippen LogP contribution in [0.4, 0.5) is 0 Å². The van der Waals surface area contributed by atoms with Crippen molar-refractivity contribution < 1.29 is 14.6 Å². The highest BCUT2D eigenvalue weighted by molar-refractivity contribution is 7.12. The summed E-state index contributed by atoms with van der Waals surface area (Å²) in [5, 5.41) is 11.7. The van der Waals surface area contributed by atoms with Crippen molar-refractivity contribution in [3.63, 3.8) is 0 Å². The van der Waals surface area contributed by atoms with Crippen LogP contribution in [0.15, 0.2) is 11.4 Å². The van der Waals surface area contributed by atoms with Crippen molar-refractivity contribution in [2.24, 2.45) is 0 Å². The highest BCUT2D eigenvalue weighted by Gasteiger charge is 2.32. The van der Waals surface area contributed by atoms with Crippen LogP contribution in [0.2, 0.25) is 0 Å². The van der Waals surface area contributed by atoms with Crippen molar-refractivity contribution >= 4 is 17.2 Å². The standard InChI is InChI=1S/C13H19NO3S/c1-9(15)10-5-3-4-7-14(10)13(16)12-11(17-2)6-8-18-12/h6,8-10,15H,3-5,7H2,1-2H3/t9-,10-/m1/s1. The molecule has 2 heterocycles. The normalized spacial score (nSPS) is 21.7. The van der Waals surface area contributed by atoms with Crippen LogP contribution in [-0.4, -0.2) is 41.7 Å². The van der Waals surface area contributed by atoms with Crippen LogP contribution in [-0.2, 0) is 0 Å². The second-order valence-corrected chi connectivity index (χ2v) is 5.54. The van der Waals surface area contributed by atoms with E-state index in [1.165, 1.54) is 11.3 Å². The largest absolute Gasteiger partial charge is 0.495 e. The number of piperidine rings is 1. The van der Waals surface area contributed by atoms with Crippen molar-refractivity contribution in [2.45, 2.75) is 38.3 Å². The van der Waals surface area contributed by atoms with Gasteiger partial charge in [-0.3, -0.25) is 4.79 Å². The minimum Gasteiger partial charge on any atom is -0.495 e. The lowest BCUT2D eigenvalue weighted by molar-refractivity contribution is 0.0282. The van der Waals surface area contributed by atoms with Crippen LogP contribution < -0.4 is 4.74 Å². The van der Waals surface area contributed by atoms with Gasteiger partial charge in [-0.15, -0.1) is 11.3 Å². The smallest absolute Gasteiger partial charge is 0.268 e. The van der Waals surface area contributed by atoms with E-state index in [9.17, 15) is 9.90 Å². The maximum atomic E-state index is 12.5. The molecule has 0 radical (unpaired) electrons. The number of hydrogen-bond donors (Lipinski definition) is 1. The van der Waals surface area contributed by atoms with E-state index in [2.05, 4.69) is 0 Å². The summed E-state index contributed by atoms with van der Waals surface area (Å²) in [6.07, 6.45) is 2.46. The van der Waals surface area contributed by atoms with Crippen molar-refractivity contribution in [3.8, 4) is 5.75 Å². The minimum absolute atomic E-state index is 0.0209. The summed E-state index contributed by atoms with van der Waals surface area (Å²) >= 11 is 1.39. The first-order chi connectivity index (χ1) is 8.65. The molecule has 1 aromatic heterocycles. The second kappa shape index (κ2) is 5.71. The molecule has 1 aromatic rings. The molecule has 0 aromatic carbocycles. The van der Waals surface area contributed by atoms with Gasteiger partial charge in [-0.2, -0.15) is 0 Å². The number of hydrogen-bond acceptors (Lipinski definition) is 4. The zero-order valence-corrected chi connectivity index (χ0v) is 11.6. The van der Waals surface area contributed by atoms with Gasteiger partial charge in [-0.25, -0.2) is 0 Å². The van der Waals surface area contributed by atoms with Crippen molar-refractivity contribution in [2.75, 3.05) is 13.7 Å².